The summed E-state index contributed by atoms with van der Waals surface area (Å²) in [5.41, 5.74) is 4.49. The number of hydrogen-bond acceptors (Lipinski definition) is 6. The summed E-state index contributed by atoms with van der Waals surface area (Å²) in [6.07, 6.45) is 0. The van der Waals surface area contributed by atoms with Crippen LogP contribution >= 0.6 is 23.4 Å². The second-order valence-electron chi connectivity index (χ2n) is 4.69. The zero-order chi connectivity index (χ0) is 17.5. The minimum atomic E-state index is -0.342. The first-order valence-corrected chi connectivity index (χ1v) is 8.27. The number of ether oxygens (including phenoxy) is 1. The third-order valence-corrected chi connectivity index (χ3v) is 4.16. The molecule has 0 spiro atoms. The number of carbonyl (C=O) groups excluding carboxylic acids is 2. The molecule has 10 heteroatoms. The fraction of sp³-hybridized carbons (Fsp3) is 0.286. The molecule has 0 unspecified atom stereocenters. The van der Waals surface area contributed by atoms with Crippen LogP contribution in [0.4, 0.5) is 0 Å². The summed E-state index contributed by atoms with van der Waals surface area (Å²) in [6.45, 7) is 1.51. The highest BCUT2D eigenvalue weighted by molar-refractivity contribution is 7.99. The highest BCUT2D eigenvalue weighted by Crippen LogP contribution is 2.24. The van der Waals surface area contributed by atoms with Crippen molar-refractivity contribution in [3.05, 3.63) is 35.1 Å². The maximum absolute atomic E-state index is 11.5. The van der Waals surface area contributed by atoms with Crippen LogP contribution in [0.5, 0.6) is 5.75 Å². The molecule has 0 bridgehead atoms. The molecule has 0 saturated carbocycles. The quantitative estimate of drug-likeness (QED) is 0.588. The van der Waals surface area contributed by atoms with E-state index in [0.29, 0.717) is 21.8 Å². The van der Waals surface area contributed by atoms with E-state index in [-0.39, 0.29) is 24.2 Å². The maximum atomic E-state index is 11.5. The molecule has 2 amide bonds. The average molecular weight is 370 g/mol. The Morgan fingerprint density at radius 2 is 2.04 bits per heavy atom. The summed E-state index contributed by atoms with van der Waals surface area (Å²) >= 11 is 7.22. The molecule has 2 rings (SSSR count). The minimum Gasteiger partial charge on any atom is -0.484 e. The predicted molar refractivity (Wildman–Crippen MR) is 89.5 cm³/mol. The molecule has 2 N–H and O–H groups in total. The first kappa shape index (κ1) is 18.1. The van der Waals surface area contributed by atoms with Gasteiger partial charge in [0.25, 0.3) is 0 Å². The van der Waals surface area contributed by atoms with Crippen molar-refractivity contribution in [2.45, 2.75) is 18.7 Å². The van der Waals surface area contributed by atoms with Crippen molar-refractivity contribution in [3.8, 4) is 5.75 Å². The lowest BCUT2D eigenvalue weighted by Crippen LogP contribution is -2.41. The van der Waals surface area contributed by atoms with Crippen LogP contribution in [-0.4, -0.2) is 32.3 Å². The summed E-state index contributed by atoms with van der Waals surface area (Å²) in [5.74, 6) is 0.571. The van der Waals surface area contributed by atoms with E-state index in [0.717, 1.165) is 0 Å². The average Bonchev–Trinajstić information content (AvgIpc) is 2.90. The van der Waals surface area contributed by atoms with Gasteiger partial charge >= 0.3 is 0 Å². The molecule has 128 valence electrons. The Bertz CT molecular complexity index is 737. The van der Waals surface area contributed by atoms with Crippen LogP contribution in [-0.2, 0) is 23.2 Å². The molecule has 8 nitrogen and oxygen atoms in total. The largest absolute Gasteiger partial charge is 0.484 e. The van der Waals surface area contributed by atoms with Crippen LogP contribution in [0.3, 0.4) is 0 Å². The van der Waals surface area contributed by atoms with Gasteiger partial charge in [0.05, 0.1) is 10.8 Å². The number of nitrogens with zero attached hydrogens (tertiary/aromatic N) is 3. The Hall–Kier alpha value is -2.26. The van der Waals surface area contributed by atoms with Crippen LogP contribution in [0.1, 0.15) is 12.7 Å². The third-order valence-electron chi connectivity index (χ3n) is 2.83. The molecule has 24 heavy (non-hydrogen) atoms. The van der Waals surface area contributed by atoms with Crippen LogP contribution < -0.4 is 15.6 Å². The fourth-order valence-electron chi connectivity index (χ4n) is 1.62. The molecule has 1 aromatic heterocycles. The summed E-state index contributed by atoms with van der Waals surface area (Å²) < 4.78 is 7.35. The van der Waals surface area contributed by atoms with Gasteiger partial charge in [-0.15, -0.1) is 10.2 Å². The molecule has 0 atom stereocenters. The highest BCUT2D eigenvalue weighted by Gasteiger charge is 2.12. The number of amides is 2. The van der Waals surface area contributed by atoms with E-state index < -0.39 is 0 Å². The second kappa shape index (κ2) is 8.55. The SMILES string of the molecule is CC(=O)NNC(=O)CSc1nnc(COc2ccccc2Cl)n1C. The summed E-state index contributed by atoms with van der Waals surface area (Å²) in [5, 5.41) is 9.13. The van der Waals surface area contributed by atoms with Gasteiger partial charge < -0.3 is 9.30 Å². The van der Waals surface area contributed by atoms with Crippen molar-refractivity contribution in [3.63, 3.8) is 0 Å². The van der Waals surface area contributed by atoms with Crippen molar-refractivity contribution in [1.82, 2.24) is 25.6 Å². The van der Waals surface area contributed by atoms with Gasteiger partial charge in [-0.2, -0.15) is 0 Å². The van der Waals surface area contributed by atoms with E-state index in [2.05, 4.69) is 21.0 Å². The second-order valence-corrected chi connectivity index (χ2v) is 6.04. The van der Waals surface area contributed by atoms with Gasteiger partial charge in [0.15, 0.2) is 11.0 Å². The van der Waals surface area contributed by atoms with E-state index in [9.17, 15) is 9.59 Å². The van der Waals surface area contributed by atoms with Gasteiger partial charge in [-0.25, -0.2) is 0 Å². The predicted octanol–water partition coefficient (Wildman–Crippen LogP) is 1.31. The number of carbonyl (C=O) groups is 2. The van der Waals surface area contributed by atoms with Gasteiger partial charge in [0.1, 0.15) is 12.4 Å². The molecule has 0 radical (unpaired) electrons. The molecule has 1 heterocycles. The first-order chi connectivity index (χ1) is 11.5. The molecule has 0 fully saturated rings. The van der Waals surface area contributed by atoms with E-state index >= 15 is 0 Å². The van der Waals surface area contributed by atoms with Gasteiger partial charge in [0, 0.05) is 14.0 Å². The van der Waals surface area contributed by atoms with Gasteiger partial charge in [-0.05, 0) is 12.1 Å². The van der Waals surface area contributed by atoms with Gasteiger partial charge in [-0.1, -0.05) is 35.5 Å². The third kappa shape index (κ3) is 5.14. The molecule has 0 aliphatic heterocycles. The number of para-hydroxylation sites is 1. The smallest absolute Gasteiger partial charge is 0.248 e. The van der Waals surface area contributed by atoms with Crippen molar-refractivity contribution >= 4 is 35.2 Å². The Kier molecular flexibility index (Phi) is 6.44. The summed E-state index contributed by atoms with van der Waals surface area (Å²) in [6, 6.07) is 7.15. The lowest BCUT2D eigenvalue weighted by molar-refractivity contribution is -0.126. The minimum absolute atomic E-state index is 0.0949. The van der Waals surface area contributed by atoms with E-state index in [4.69, 9.17) is 16.3 Å². The van der Waals surface area contributed by atoms with Gasteiger partial charge in [-0.3, -0.25) is 20.4 Å². The summed E-state index contributed by atoms with van der Waals surface area (Å²) in [4.78, 5) is 22.3. The van der Waals surface area contributed by atoms with Crippen LogP contribution in [0.2, 0.25) is 5.02 Å². The monoisotopic (exact) mass is 369 g/mol. The molecule has 1 aromatic carbocycles. The first-order valence-electron chi connectivity index (χ1n) is 6.91. The van der Waals surface area contributed by atoms with Crippen molar-refractivity contribution in [1.29, 1.82) is 0 Å². The number of rotatable bonds is 6. The highest BCUT2D eigenvalue weighted by atomic mass is 35.5. The van der Waals surface area contributed by atoms with Crippen LogP contribution in [0.25, 0.3) is 0 Å². The van der Waals surface area contributed by atoms with E-state index in [1.807, 2.05) is 12.1 Å². The molecule has 0 aliphatic rings. The Morgan fingerprint density at radius 1 is 1.29 bits per heavy atom. The number of halogens is 1. The fourth-order valence-corrected chi connectivity index (χ4v) is 2.54. The van der Waals surface area contributed by atoms with E-state index in [1.165, 1.54) is 18.7 Å². The number of hydrazine groups is 1. The Labute approximate surface area is 147 Å². The molecule has 0 saturated heterocycles. The van der Waals surface area contributed by atoms with Crippen molar-refractivity contribution in [2.75, 3.05) is 5.75 Å². The lowest BCUT2D eigenvalue weighted by atomic mass is 10.3. The Balaban J connectivity index is 1.88. The number of hydrogen-bond donors (Lipinski definition) is 2. The maximum Gasteiger partial charge on any atom is 0.248 e. The zero-order valence-electron chi connectivity index (χ0n) is 13.1. The standard InChI is InChI=1S/C14H16ClN5O3S/c1-9(21)16-18-13(22)8-24-14-19-17-12(20(14)2)7-23-11-6-4-3-5-10(11)15/h3-6H,7-8H2,1-2H3,(H,16,21)(H,18,22). The van der Waals surface area contributed by atoms with Gasteiger partial charge in [0.2, 0.25) is 11.8 Å². The molecule has 0 aliphatic carbocycles. The van der Waals surface area contributed by atoms with Crippen molar-refractivity contribution in [2.24, 2.45) is 7.05 Å². The number of aromatic nitrogens is 3. The number of thioether (sulfide) groups is 1. The van der Waals surface area contributed by atoms with E-state index in [1.54, 1.807) is 23.7 Å². The van der Waals surface area contributed by atoms with Crippen molar-refractivity contribution < 1.29 is 14.3 Å². The number of nitrogens with one attached hydrogen (secondary N) is 2. The normalized spacial score (nSPS) is 10.3. The zero-order valence-corrected chi connectivity index (χ0v) is 14.6. The molecular weight excluding hydrogens is 354 g/mol. The molecule has 2 aromatic rings. The topological polar surface area (TPSA) is 98.1 Å². The number of benzene rings is 1. The Morgan fingerprint density at radius 3 is 2.75 bits per heavy atom. The lowest BCUT2D eigenvalue weighted by Gasteiger charge is -2.08. The summed E-state index contributed by atoms with van der Waals surface area (Å²) in [7, 11) is 1.78. The molecular formula is C14H16ClN5O3S. The van der Waals surface area contributed by atoms with Crippen LogP contribution in [0.15, 0.2) is 29.4 Å². The van der Waals surface area contributed by atoms with Crippen LogP contribution in [0, 0.1) is 0 Å².